The molecule has 0 saturated heterocycles. The highest BCUT2D eigenvalue weighted by atomic mass is 16.4. The van der Waals surface area contributed by atoms with E-state index in [0.717, 1.165) is 22.6 Å². The standard InChI is InChI=1S/C18H15NO2/c1-13-16(18(20)21)12-17(14-8-4-2-5-9-14)19(13)15-10-6-3-7-11-15/h2-12H,1H3,(H,20,21). The second kappa shape index (κ2) is 5.29. The van der Waals surface area contributed by atoms with Gasteiger partial charge in [-0.25, -0.2) is 4.79 Å². The molecule has 1 aromatic heterocycles. The Morgan fingerprint density at radius 1 is 0.952 bits per heavy atom. The van der Waals surface area contributed by atoms with Gasteiger partial charge in [0.05, 0.1) is 11.3 Å². The van der Waals surface area contributed by atoms with Gasteiger partial charge < -0.3 is 9.67 Å². The fraction of sp³-hybridized carbons (Fsp3) is 0.0556. The van der Waals surface area contributed by atoms with Crippen LogP contribution in [-0.4, -0.2) is 15.6 Å². The fourth-order valence-electron chi connectivity index (χ4n) is 2.55. The summed E-state index contributed by atoms with van der Waals surface area (Å²) in [4.78, 5) is 11.4. The number of aromatic nitrogens is 1. The number of hydrogen-bond donors (Lipinski definition) is 1. The van der Waals surface area contributed by atoms with Crippen molar-refractivity contribution in [2.75, 3.05) is 0 Å². The van der Waals surface area contributed by atoms with E-state index in [1.807, 2.05) is 72.2 Å². The number of rotatable bonds is 3. The molecule has 0 aliphatic carbocycles. The number of aromatic carboxylic acids is 1. The lowest BCUT2D eigenvalue weighted by atomic mass is 10.1. The van der Waals surface area contributed by atoms with Crippen LogP contribution < -0.4 is 0 Å². The van der Waals surface area contributed by atoms with Crippen molar-refractivity contribution in [3.63, 3.8) is 0 Å². The molecule has 0 spiro atoms. The summed E-state index contributed by atoms with van der Waals surface area (Å²) in [6.45, 7) is 1.84. The van der Waals surface area contributed by atoms with Crippen LogP contribution in [0.4, 0.5) is 0 Å². The SMILES string of the molecule is Cc1c(C(=O)O)cc(-c2ccccc2)n1-c1ccccc1. The van der Waals surface area contributed by atoms with Gasteiger partial charge in [-0.05, 0) is 30.7 Å². The zero-order valence-electron chi connectivity index (χ0n) is 11.7. The average Bonchev–Trinajstić information content (AvgIpc) is 2.87. The molecule has 3 aromatic rings. The van der Waals surface area contributed by atoms with Crippen molar-refractivity contribution in [3.8, 4) is 16.9 Å². The van der Waals surface area contributed by atoms with Crippen molar-refractivity contribution in [2.24, 2.45) is 0 Å². The molecular weight excluding hydrogens is 262 g/mol. The van der Waals surface area contributed by atoms with Crippen molar-refractivity contribution < 1.29 is 9.90 Å². The number of carboxylic acid groups (broad SMARTS) is 1. The van der Waals surface area contributed by atoms with Crippen LogP contribution >= 0.6 is 0 Å². The number of carboxylic acids is 1. The summed E-state index contributed by atoms with van der Waals surface area (Å²) in [6, 6.07) is 21.4. The van der Waals surface area contributed by atoms with Gasteiger partial charge in [0, 0.05) is 11.4 Å². The zero-order chi connectivity index (χ0) is 14.8. The highest BCUT2D eigenvalue weighted by Crippen LogP contribution is 2.29. The predicted molar refractivity (Wildman–Crippen MR) is 82.9 cm³/mol. The first-order valence-corrected chi connectivity index (χ1v) is 6.75. The molecule has 0 aliphatic rings. The van der Waals surface area contributed by atoms with Crippen molar-refractivity contribution in [2.45, 2.75) is 6.92 Å². The van der Waals surface area contributed by atoms with E-state index in [2.05, 4.69) is 0 Å². The molecular formula is C18H15NO2. The van der Waals surface area contributed by atoms with Crippen molar-refractivity contribution >= 4 is 5.97 Å². The molecule has 0 fully saturated rings. The molecule has 0 saturated carbocycles. The summed E-state index contributed by atoms with van der Waals surface area (Å²) < 4.78 is 1.98. The molecule has 2 aromatic carbocycles. The quantitative estimate of drug-likeness (QED) is 0.781. The summed E-state index contributed by atoms with van der Waals surface area (Å²) in [5.41, 5.74) is 3.90. The second-order valence-electron chi connectivity index (χ2n) is 4.87. The minimum Gasteiger partial charge on any atom is -0.478 e. The Hall–Kier alpha value is -2.81. The van der Waals surface area contributed by atoms with Crippen molar-refractivity contribution in [1.29, 1.82) is 0 Å². The van der Waals surface area contributed by atoms with Crippen LogP contribution in [0.2, 0.25) is 0 Å². The summed E-state index contributed by atoms with van der Waals surface area (Å²) in [7, 11) is 0. The van der Waals surface area contributed by atoms with Crippen LogP contribution in [0.5, 0.6) is 0 Å². The zero-order valence-corrected chi connectivity index (χ0v) is 11.7. The lowest BCUT2D eigenvalue weighted by molar-refractivity contribution is 0.0696. The van der Waals surface area contributed by atoms with Gasteiger partial charge >= 0.3 is 5.97 Å². The molecule has 0 radical (unpaired) electrons. The number of para-hydroxylation sites is 1. The topological polar surface area (TPSA) is 42.2 Å². The summed E-state index contributed by atoms with van der Waals surface area (Å²) in [6.07, 6.45) is 0. The minimum atomic E-state index is -0.903. The molecule has 1 N–H and O–H groups in total. The Balaban J connectivity index is 2.29. The summed E-state index contributed by atoms with van der Waals surface area (Å²) in [5.74, 6) is -0.903. The van der Waals surface area contributed by atoms with E-state index in [0.29, 0.717) is 5.56 Å². The Bertz CT molecular complexity index is 774. The van der Waals surface area contributed by atoms with Crippen LogP contribution in [-0.2, 0) is 0 Å². The monoisotopic (exact) mass is 277 g/mol. The average molecular weight is 277 g/mol. The van der Waals surface area contributed by atoms with Crippen LogP contribution in [0.25, 0.3) is 16.9 Å². The maximum absolute atomic E-state index is 11.4. The molecule has 3 heteroatoms. The molecule has 1 heterocycles. The summed E-state index contributed by atoms with van der Waals surface area (Å²) >= 11 is 0. The molecule has 104 valence electrons. The first-order valence-electron chi connectivity index (χ1n) is 6.75. The third kappa shape index (κ3) is 2.34. The highest BCUT2D eigenvalue weighted by Gasteiger charge is 2.18. The lowest BCUT2D eigenvalue weighted by Gasteiger charge is -2.12. The minimum absolute atomic E-state index is 0.331. The largest absolute Gasteiger partial charge is 0.478 e. The fourth-order valence-corrected chi connectivity index (χ4v) is 2.55. The molecule has 0 amide bonds. The third-order valence-corrected chi connectivity index (χ3v) is 3.56. The maximum Gasteiger partial charge on any atom is 0.337 e. The maximum atomic E-state index is 11.4. The smallest absolute Gasteiger partial charge is 0.337 e. The van der Waals surface area contributed by atoms with E-state index in [-0.39, 0.29) is 0 Å². The van der Waals surface area contributed by atoms with Crippen molar-refractivity contribution in [1.82, 2.24) is 4.57 Å². The molecule has 3 nitrogen and oxygen atoms in total. The Morgan fingerprint density at radius 3 is 2.10 bits per heavy atom. The van der Waals surface area contributed by atoms with Crippen LogP contribution in [0.3, 0.4) is 0 Å². The molecule has 0 atom stereocenters. The number of benzene rings is 2. The van der Waals surface area contributed by atoms with Gasteiger partial charge in [-0.1, -0.05) is 48.5 Å². The van der Waals surface area contributed by atoms with Crippen LogP contribution in [0, 0.1) is 6.92 Å². The van der Waals surface area contributed by atoms with Gasteiger partial charge in [0.1, 0.15) is 0 Å². The molecule has 0 unspecified atom stereocenters. The molecule has 3 rings (SSSR count). The van der Waals surface area contributed by atoms with E-state index >= 15 is 0 Å². The van der Waals surface area contributed by atoms with Gasteiger partial charge in [0.2, 0.25) is 0 Å². The molecule has 0 bridgehead atoms. The van der Waals surface area contributed by atoms with Crippen molar-refractivity contribution in [3.05, 3.63) is 78.0 Å². The Kier molecular flexibility index (Phi) is 3.32. The molecule has 21 heavy (non-hydrogen) atoms. The van der Waals surface area contributed by atoms with Gasteiger partial charge in [0.25, 0.3) is 0 Å². The van der Waals surface area contributed by atoms with Crippen LogP contribution in [0.15, 0.2) is 66.7 Å². The van der Waals surface area contributed by atoms with E-state index in [9.17, 15) is 9.90 Å². The van der Waals surface area contributed by atoms with E-state index in [4.69, 9.17) is 0 Å². The van der Waals surface area contributed by atoms with Gasteiger partial charge in [-0.3, -0.25) is 0 Å². The van der Waals surface area contributed by atoms with E-state index in [1.54, 1.807) is 6.07 Å². The summed E-state index contributed by atoms with van der Waals surface area (Å²) in [5, 5.41) is 9.38. The first-order chi connectivity index (χ1) is 10.2. The Morgan fingerprint density at radius 2 is 1.52 bits per heavy atom. The number of carbonyl (C=O) groups is 1. The number of nitrogens with zero attached hydrogens (tertiary/aromatic N) is 1. The third-order valence-electron chi connectivity index (χ3n) is 3.56. The first kappa shape index (κ1) is 13.2. The van der Waals surface area contributed by atoms with Gasteiger partial charge in [-0.2, -0.15) is 0 Å². The predicted octanol–water partition coefficient (Wildman–Crippen LogP) is 4.15. The number of hydrogen-bond acceptors (Lipinski definition) is 1. The van der Waals surface area contributed by atoms with Crippen LogP contribution in [0.1, 0.15) is 16.1 Å². The van der Waals surface area contributed by atoms with E-state index in [1.165, 1.54) is 0 Å². The van der Waals surface area contributed by atoms with Gasteiger partial charge in [-0.15, -0.1) is 0 Å². The normalized spacial score (nSPS) is 10.5. The second-order valence-corrected chi connectivity index (χ2v) is 4.87. The Labute approximate surface area is 123 Å². The highest BCUT2D eigenvalue weighted by molar-refractivity contribution is 5.91. The van der Waals surface area contributed by atoms with Gasteiger partial charge in [0.15, 0.2) is 0 Å². The molecule has 0 aliphatic heterocycles. The van der Waals surface area contributed by atoms with E-state index < -0.39 is 5.97 Å². The lowest BCUT2D eigenvalue weighted by Crippen LogP contribution is -2.02.